The average Bonchev–Trinajstić information content (AvgIpc) is 2.57. The SMILES string of the molecule is CCCCCCOc1ccc(/C=N\NC(=S)NCC)cc1OCC. The maximum atomic E-state index is 5.85. The molecule has 0 amide bonds. The van der Waals surface area contributed by atoms with Gasteiger partial charge in [0.25, 0.3) is 0 Å². The molecule has 0 saturated heterocycles. The third-order valence-electron chi connectivity index (χ3n) is 3.24. The summed E-state index contributed by atoms with van der Waals surface area (Å²) in [4.78, 5) is 0. The topological polar surface area (TPSA) is 54.9 Å². The highest BCUT2D eigenvalue weighted by molar-refractivity contribution is 7.80. The van der Waals surface area contributed by atoms with E-state index in [0.29, 0.717) is 18.3 Å². The largest absolute Gasteiger partial charge is 0.490 e. The van der Waals surface area contributed by atoms with Crippen LogP contribution in [0.25, 0.3) is 0 Å². The number of hydrogen-bond acceptors (Lipinski definition) is 4. The van der Waals surface area contributed by atoms with Gasteiger partial charge in [0.15, 0.2) is 16.6 Å². The predicted molar refractivity (Wildman–Crippen MR) is 104 cm³/mol. The van der Waals surface area contributed by atoms with E-state index in [2.05, 4.69) is 22.8 Å². The van der Waals surface area contributed by atoms with Crippen molar-refractivity contribution in [2.45, 2.75) is 46.5 Å². The van der Waals surface area contributed by atoms with E-state index in [1.165, 1.54) is 19.3 Å². The van der Waals surface area contributed by atoms with Crippen molar-refractivity contribution in [2.75, 3.05) is 19.8 Å². The summed E-state index contributed by atoms with van der Waals surface area (Å²) in [5.74, 6) is 1.52. The molecule has 0 atom stereocenters. The average molecular weight is 352 g/mol. The molecule has 0 fully saturated rings. The van der Waals surface area contributed by atoms with Crippen LogP contribution in [0.3, 0.4) is 0 Å². The highest BCUT2D eigenvalue weighted by Gasteiger charge is 2.06. The number of rotatable bonds is 11. The minimum Gasteiger partial charge on any atom is -0.490 e. The zero-order valence-corrected chi connectivity index (χ0v) is 15.7. The van der Waals surface area contributed by atoms with Crippen LogP contribution in [0.15, 0.2) is 23.3 Å². The van der Waals surface area contributed by atoms with Crippen LogP contribution in [0.1, 0.15) is 52.0 Å². The third-order valence-corrected chi connectivity index (χ3v) is 3.48. The van der Waals surface area contributed by atoms with E-state index in [9.17, 15) is 0 Å². The number of hydrogen-bond donors (Lipinski definition) is 2. The normalized spacial score (nSPS) is 10.6. The van der Waals surface area contributed by atoms with Gasteiger partial charge in [0.05, 0.1) is 19.4 Å². The molecule has 0 saturated carbocycles. The molecule has 0 radical (unpaired) electrons. The van der Waals surface area contributed by atoms with Crippen molar-refractivity contribution < 1.29 is 9.47 Å². The summed E-state index contributed by atoms with van der Waals surface area (Å²) in [6.45, 7) is 8.21. The Bertz CT molecular complexity index is 521. The van der Waals surface area contributed by atoms with Gasteiger partial charge in [-0.05, 0) is 56.2 Å². The zero-order chi connectivity index (χ0) is 17.6. The van der Waals surface area contributed by atoms with Gasteiger partial charge >= 0.3 is 0 Å². The molecule has 2 N–H and O–H groups in total. The summed E-state index contributed by atoms with van der Waals surface area (Å²) < 4.78 is 11.5. The molecule has 0 aliphatic heterocycles. The maximum absolute atomic E-state index is 5.85. The Morgan fingerprint density at radius 1 is 1.12 bits per heavy atom. The van der Waals surface area contributed by atoms with Crippen LogP contribution in [0.2, 0.25) is 0 Å². The molecule has 134 valence electrons. The van der Waals surface area contributed by atoms with E-state index in [4.69, 9.17) is 21.7 Å². The monoisotopic (exact) mass is 351 g/mol. The van der Waals surface area contributed by atoms with Crippen molar-refractivity contribution in [3.05, 3.63) is 23.8 Å². The second-order valence-electron chi connectivity index (χ2n) is 5.28. The summed E-state index contributed by atoms with van der Waals surface area (Å²) in [6.07, 6.45) is 6.44. The van der Waals surface area contributed by atoms with Gasteiger partial charge in [-0.1, -0.05) is 26.2 Å². The number of nitrogens with zero attached hydrogens (tertiary/aromatic N) is 1. The number of hydrazone groups is 1. The fourth-order valence-corrected chi connectivity index (χ4v) is 2.27. The molecule has 1 aromatic rings. The quantitative estimate of drug-likeness (QED) is 0.274. The second kappa shape index (κ2) is 12.6. The Morgan fingerprint density at radius 3 is 2.67 bits per heavy atom. The van der Waals surface area contributed by atoms with Crippen molar-refractivity contribution >= 4 is 23.5 Å². The van der Waals surface area contributed by atoms with Gasteiger partial charge in [-0.2, -0.15) is 5.10 Å². The fourth-order valence-electron chi connectivity index (χ4n) is 2.07. The molecule has 1 rings (SSSR count). The smallest absolute Gasteiger partial charge is 0.186 e. The predicted octanol–water partition coefficient (Wildman–Crippen LogP) is 3.86. The van der Waals surface area contributed by atoms with Crippen molar-refractivity contribution in [1.29, 1.82) is 0 Å². The second-order valence-corrected chi connectivity index (χ2v) is 5.69. The van der Waals surface area contributed by atoms with Crippen molar-refractivity contribution in [2.24, 2.45) is 5.10 Å². The summed E-state index contributed by atoms with van der Waals surface area (Å²) in [7, 11) is 0. The number of unbranched alkanes of at least 4 members (excludes halogenated alkanes) is 3. The molecule has 0 spiro atoms. The molecule has 0 heterocycles. The Balaban J connectivity index is 2.61. The van der Waals surface area contributed by atoms with E-state index in [1.807, 2.05) is 32.0 Å². The van der Waals surface area contributed by atoms with Crippen LogP contribution < -0.4 is 20.2 Å². The summed E-state index contributed by atoms with van der Waals surface area (Å²) in [6, 6.07) is 5.80. The van der Waals surface area contributed by atoms with Crippen LogP contribution in [-0.2, 0) is 0 Å². The van der Waals surface area contributed by atoms with Gasteiger partial charge in [-0.3, -0.25) is 5.43 Å². The summed E-state index contributed by atoms with van der Waals surface area (Å²) in [5, 5.41) is 7.59. The number of ether oxygens (including phenoxy) is 2. The first-order valence-electron chi connectivity index (χ1n) is 8.67. The van der Waals surface area contributed by atoms with Gasteiger partial charge in [-0.25, -0.2) is 0 Å². The first-order valence-corrected chi connectivity index (χ1v) is 9.08. The standard InChI is InChI=1S/C18H29N3O2S/c1-4-7-8-9-12-23-16-11-10-15(13-17(16)22-6-3)14-20-21-18(24)19-5-2/h10-11,13-14H,4-9,12H2,1-3H3,(H2,19,21,24)/b20-14-. The minimum absolute atomic E-state index is 0.505. The molecule has 24 heavy (non-hydrogen) atoms. The van der Waals surface area contributed by atoms with Gasteiger partial charge in [0.1, 0.15) is 0 Å². The molecule has 1 aromatic carbocycles. The molecule has 0 aliphatic carbocycles. The van der Waals surface area contributed by atoms with Gasteiger partial charge in [-0.15, -0.1) is 0 Å². The molecular formula is C18H29N3O2S. The van der Waals surface area contributed by atoms with Crippen molar-refractivity contribution in [3.63, 3.8) is 0 Å². The molecule has 0 aromatic heterocycles. The Hall–Kier alpha value is -1.82. The van der Waals surface area contributed by atoms with Crippen LogP contribution in [0, 0.1) is 0 Å². The van der Waals surface area contributed by atoms with Crippen LogP contribution in [-0.4, -0.2) is 31.1 Å². The minimum atomic E-state index is 0.505. The van der Waals surface area contributed by atoms with Gasteiger partial charge in [0, 0.05) is 6.54 Å². The fraction of sp³-hybridized carbons (Fsp3) is 0.556. The van der Waals surface area contributed by atoms with E-state index in [0.717, 1.165) is 30.0 Å². The van der Waals surface area contributed by atoms with Gasteiger partial charge < -0.3 is 14.8 Å². The van der Waals surface area contributed by atoms with Crippen molar-refractivity contribution in [1.82, 2.24) is 10.7 Å². The highest BCUT2D eigenvalue weighted by Crippen LogP contribution is 2.28. The summed E-state index contributed by atoms with van der Waals surface area (Å²) in [5.41, 5.74) is 3.69. The Labute approximate surface area is 150 Å². The van der Waals surface area contributed by atoms with E-state index in [-0.39, 0.29) is 0 Å². The molecule has 0 bridgehead atoms. The molecule has 5 nitrogen and oxygen atoms in total. The third kappa shape index (κ3) is 8.15. The lowest BCUT2D eigenvalue weighted by molar-refractivity contribution is 0.270. The van der Waals surface area contributed by atoms with E-state index < -0.39 is 0 Å². The number of nitrogens with one attached hydrogen (secondary N) is 2. The first kappa shape index (κ1) is 20.2. The first-order chi connectivity index (χ1) is 11.7. The zero-order valence-electron chi connectivity index (χ0n) is 14.9. The Kier molecular flexibility index (Phi) is 10.6. The lowest BCUT2D eigenvalue weighted by Crippen LogP contribution is -2.31. The van der Waals surface area contributed by atoms with Crippen molar-refractivity contribution in [3.8, 4) is 11.5 Å². The number of thiocarbonyl (C=S) groups is 1. The summed E-state index contributed by atoms with van der Waals surface area (Å²) >= 11 is 5.05. The molecule has 6 heteroatoms. The molecule has 0 aliphatic rings. The Morgan fingerprint density at radius 2 is 1.96 bits per heavy atom. The van der Waals surface area contributed by atoms with Crippen LogP contribution in [0.5, 0.6) is 11.5 Å². The van der Waals surface area contributed by atoms with E-state index >= 15 is 0 Å². The molecule has 0 unspecified atom stereocenters. The number of benzene rings is 1. The lowest BCUT2D eigenvalue weighted by Gasteiger charge is -2.12. The van der Waals surface area contributed by atoms with Gasteiger partial charge in [0.2, 0.25) is 0 Å². The van der Waals surface area contributed by atoms with Crippen LogP contribution >= 0.6 is 12.2 Å². The highest BCUT2D eigenvalue weighted by atomic mass is 32.1. The lowest BCUT2D eigenvalue weighted by atomic mass is 10.2. The maximum Gasteiger partial charge on any atom is 0.186 e. The molecular weight excluding hydrogens is 322 g/mol. The van der Waals surface area contributed by atoms with E-state index in [1.54, 1.807) is 6.21 Å². The van der Waals surface area contributed by atoms with Crippen LogP contribution in [0.4, 0.5) is 0 Å².